The van der Waals surface area contributed by atoms with E-state index in [1.54, 1.807) is 12.3 Å². The Hall–Kier alpha value is -2.92. The van der Waals surface area contributed by atoms with E-state index in [0.29, 0.717) is 17.2 Å². The first-order chi connectivity index (χ1) is 11.7. The number of hydrogen-bond donors (Lipinski definition) is 3. The number of fused-ring (bicyclic) bond motifs is 1. The van der Waals surface area contributed by atoms with Gasteiger partial charge in [-0.05, 0) is 34.6 Å². The second-order valence-electron chi connectivity index (χ2n) is 5.26. The first-order valence-corrected chi connectivity index (χ1v) is 7.96. The van der Waals surface area contributed by atoms with Crippen molar-refractivity contribution >= 4 is 34.3 Å². The lowest BCUT2D eigenvalue weighted by Crippen LogP contribution is -2.31. The van der Waals surface area contributed by atoms with Gasteiger partial charge >= 0.3 is 0 Å². The second-order valence-corrected chi connectivity index (χ2v) is 5.67. The van der Waals surface area contributed by atoms with Crippen molar-refractivity contribution < 1.29 is 5.11 Å². The van der Waals surface area contributed by atoms with Crippen LogP contribution in [0.5, 0.6) is 5.75 Å². The Morgan fingerprint density at radius 3 is 2.58 bits per heavy atom. The third kappa shape index (κ3) is 3.88. The lowest BCUT2D eigenvalue weighted by molar-refractivity contribution is 0.475. The van der Waals surface area contributed by atoms with Gasteiger partial charge in [-0.25, -0.2) is 0 Å². The average Bonchev–Trinajstić information content (AvgIpc) is 2.63. The summed E-state index contributed by atoms with van der Waals surface area (Å²) in [5.41, 5.74) is 4.57. The topological polar surface area (TPSA) is 56.7 Å². The van der Waals surface area contributed by atoms with Gasteiger partial charge in [0, 0.05) is 12.1 Å². The maximum atomic E-state index is 10.1. The molecule has 0 atom stereocenters. The molecule has 0 heterocycles. The van der Waals surface area contributed by atoms with E-state index in [1.807, 2.05) is 60.7 Å². The van der Waals surface area contributed by atoms with Crippen LogP contribution in [0, 0.1) is 0 Å². The number of hydrazone groups is 1. The third-order valence-electron chi connectivity index (χ3n) is 3.60. The van der Waals surface area contributed by atoms with Crippen molar-refractivity contribution in [1.82, 2.24) is 10.7 Å². The van der Waals surface area contributed by atoms with Crippen molar-refractivity contribution in [1.29, 1.82) is 0 Å². The van der Waals surface area contributed by atoms with Crippen molar-refractivity contribution in [3.05, 3.63) is 77.9 Å². The highest BCUT2D eigenvalue weighted by Crippen LogP contribution is 2.25. The predicted molar refractivity (Wildman–Crippen MR) is 102 cm³/mol. The van der Waals surface area contributed by atoms with E-state index >= 15 is 0 Å². The maximum Gasteiger partial charge on any atom is 0.187 e. The summed E-state index contributed by atoms with van der Waals surface area (Å²) in [6.45, 7) is 0.627. The minimum absolute atomic E-state index is 0.183. The lowest BCUT2D eigenvalue weighted by atomic mass is 10.0. The Morgan fingerprint density at radius 1 is 1.00 bits per heavy atom. The Morgan fingerprint density at radius 2 is 1.75 bits per heavy atom. The van der Waals surface area contributed by atoms with Crippen LogP contribution >= 0.6 is 12.2 Å². The van der Waals surface area contributed by atoms with E-state index in [0.717, 1.165) is 16.3 Å². The molecule has 0 saturated heterocycles. The molecule has 3 aromatic rings. The predicted octanol–water partition coefficient (Wildman–Crippen LogP) is 3.54. The Labute approximate surface area is 145 Å². The van der Waals surface area contributed by atoms with E-state index in [-0.39, 0.29) is 5.75 Å². The van der Waals surface area contributed by atoms with Crippen LogP contribution in [-0.2, 0) is 6.54 Å². The summed E-state index contributed by atoms with van der Waals surface area (Å²) < 4.78 is 0. The van der Waals surface area contributed by atoms with Gasteiger partial charge in [0.15, 0.2) is 5.11 Å². The van der Waals surface area contributed by atoms with Gasteiger partial charge < -0.3 is 10.4 Å². The van der Waals surface area contributed by atoms with Gasteiger partial charge in [-0.2, -0.15) is 5.10 Å². The number of nitrogens with zero attached hydrogens (tertiary/aromatic N) is 1. The molecule has 3 rings (SSSR count). The van der Waals surface area contributed by atoms with E-state index in [9.17, 15) is 5.11 Å². The van der Waals surface area contributed by atoms with Gasteiger partial charge in [0.1, 0.15) is 5.75 Å². The van der Waals surface area contributed by atoms with Crippen molar-refractivity contribution in [2.75, 3.05) is 0 Å². The Bertz CT molecular complexity index is 878. The zero-order valence-corrected chi connectivity index (χ0v) is 13.8. The van der Waals surface area contributed by atoms with E-state index in [1.165, 1.54) is 0 Å². The summed E-state index contributed by atoms with van der Waals surface area (Å²) in [4.78, 5) is 0. The first-order valence-electron chi connectivity index (χ1n) is 7.55. The van der Waals surface area contributed by atoms with Gasteiger partial charge in [-0.3, -0.25) is 5.43 Å². The summed E-state index contributed by atoms with van der Waals surface area (Å²) in [5, 5.41) is 19.7. The molecule has 4 nitrogen and oxygen atoms in total. The number of nitrogens with one attached hydrogen (secondary N) is 2. The number of phenolic OH excluding ortho intramolecular Hbond substituents is 1. The fourth-order valence-electron chi connectivity index (χ4n) is 2.39. The summed E-state index contributed by atoms with van der Waals surface area (Å²) in [7, 11) is 0. The van der Waals surface area contributed by atoms with Gasteiger partial charge in [-0.15, -0.1) is 0 Å². The molecule has 3 N–H and O–H groups in total. The number of thiocarbonyl (C=S) groups is 1. The molecule has 0 radical (unpaired) electrons. The number of benzene rings is 3. The van der Waals surface area contributed by atoms with E-state index in [4.69, 9.17) is 12.2 Å². The Balaban J connectivity index is 1.64. The van der Waals surface area contributed by atoms with Crippen LogP contribution in [0.2, 0.25) is 0 Å². The van der Waals surface area contributed by atoms with Crippen molar-refractivity contribution in [2.24, 2.45) is 5.10 Å². The molecule has 0 saturated carbocycles. The molecule has 0 aliphatic rings. The van der Waals surface area contributed by atoms with Crippen LogP contribution in [-0.4, -0.2) is 16.4 Å². The first kappa shape index (κ1) is 16.0. The molecule has 5 heteroatoms. The van der Waals surface area contributed by atoms with E-state index < -0.39 is 0 Å². The SMILES string of the molecule is Oc1ccc2ccccc2c1/C=N/NC(=S)NCc1ccccc1. The highest BCUT2D eigenvalue weighted by molar-refractivity contribution is 7.80. The largest absolute Gasteiger partial charge is 0.507 e. The molecule has 0 amide bonds. The van der Waals surface area contributed by atoms with Crippen molar-refractivity contribution in [2.45, 2.75) is 6.54 Å². The molecule has 0 fully saturated rings. The smallest absolute Gasteiger partial charge is 0.187 e. The second kappa shape index (κ2) is 7.57. The normalized spacial score (nSPS) is 10.8. The highest BCUT2D eigenvalue weighted by atomic mass is 32.1. The van der Waals surface area contributed by atoms with Crippen LogP contribution in [0.1, 0.15) is 11.1 Å². The van der Waals surface area contributed by atoms with Crippen molar-refractivity contribution in [3.63, 3.8) is 0 Å². The lowest BCUT2D eigenvalue weighted by Gasteiger charge is -2.07. The summed E-state index contributed by atoms with van der Waals surface area (Å²) in [6, 6.07) is 21.3. The number of hydrogen-bond acceptors (Lipinski definition) is 3. The number of rotatable bonds is 4. The van der Waals surface area contributed by atoms with Crippen LogP contribution in [0.25, 0.3) is 10.8 Å². The van der Waals surface area contributed by atoms with Gasteiger partial charge in [0.05, 0.1) is 6.21 Å². The van der Waals surface area contributed by atoms with E-state index in [2.05, 4.69) is 15.8 Å². The molecule has 24 heavy (non-hydrogen) atoms. The van der Waals surface area contributed by atoms with Crippen LogP contribution in [0.4, 0.5) is 0 Å². The monoisotopic (exact) mass is 335 g/mol. The van der Waals surface area contributed by atoms with Gasteiger partial charge in [0.2, 0.25) is 0 Å². The number of aromatic hydroxyl groups is 1. The van der Waals surface area contributed by atoms with Crippen molar-refractivity contribution in [3.8, 4) is 5.75 Å². The molecule has 0 aliphatic heterocycles. The standard InChI is InChI=1S/C19H17N3OS/c23-18-11-10-15-8-4-5-9-16(15)17(18)13-21-22-19(24)20-12-14-6-2-1-3-7-14/h1-11,13,23H,12H2,(H2,20,22,24)/b21-13+. The molecule has 0 unspecified atom stereocenters. The third-order valence-corrected chi connectivity index (χ3v) is 3.84. The zero-order chi connectivity index (χ0) is 16.8. The fourth-order valence-corrected chi connectivity index (χ4v) is 2.52. The van der Waals surface area contributed by atoms with Crippen LogP contribution < -0.4 is 10.7 Å². The van der Waals surface area contributed by atoms with Crippen LogP contribution in [0.3, 0.4) is 0 Å². The summed E-state index contributed by atoms with van der Waals surface area (Å²) in [5.74, 6) is 0.183. The Kier molecular flexibility index (Phi) is 5.03. The molecular weight excluding hydrogens is 318 g/mol. The van der Waals surface area contributed by atoms with Gasteiger partial charge in [0.25, 0.3) is 0 Å². The molecular formula is C19H17N3OS. The molecule has 120 valence electrons. The highest BCUT2D eigenvalue weighted by Gasteiger charge is 2.04. The molecule has 0 spiro atoms. The quantitative estimate of drug-likeness (QED) is 0.388. The molecule has 3 aromatic carbocycles. The van der Waals surface area contributed by atoms with Crippen LogP contribution in [0.15, 0.2) is 71.8 Å². The minimum atomic E-state index is 0.183. The average molecular weight is 335 g/mol. The minimum Gasteiger partial charge on any atom is -0.507 e. The van der Waals surface area contributed by atoms with Gasteiger partial charge in [-0.1, -0.05) is 60.7 Å². The molecule has 0 bridgehead atoms. The maximum absolute atomic E-state index is 10.1. The molecule has 0 aliphatic carbocycles. The summed E-state index contributed by atoms with van der Waals surface area (Å²) in [6.07, 6.45) is 1.58. The summed E-state index contributed by atoms with van der Waals surface area (Å²) >= 11 is 5.20. The zero-order valence-electron chi connectivity index (χ0n) is 12.9. The fraction of sp³-hybridized carbons (Fsp3) is 0.0526. The molecule has 0 aromatic heterocycles. The number of phenols is 1.